The standard InChI is InChI=1S/C22H31N5O4/c1-4-5-6-7-11-23-21-24-19-18(20(29)25-22(30)26(19)3)27(21)13-16(28)14-31-17-10-8-9-15(2)12-17/h8-10,12,16,28H,4-7,11,13-14H2,1-3H3,(H,23,24)(H,25,29,30)/t16-/m1/s1. The van der Waals surface area contributed by atoms with Gasteiger partial charge in [-0.15, -0.1) is 0 Å². The molecule has 0 saturated carbocycles. The highest BCUT2D eigenvalue weighted by molar-refractivity contribution is 5.74. The maximum absolute atomic E-state index is 12.5. The van der Waals surface area contributed by atoms with Crippen molar-refractivity contribution < 1.29 is 9.84 Å². The summed E-state index contributed by atoms with van der Waals surface area (Å²) in [7, 11) is 1.56. The Bertz CT molecular complexity index is 1130. The summed E-state index contributed by atoms with van der Waals surface area (Å²) in [5.41, 5.74) is 0.524. The number of aliphatic hydroxyl groups excluding tert-OH is 1. The number of anilines is 1. The summed E-state index contributed by atoms with van der Waals surface area (Å²) in [4.78, 5) is 31.3. The Balaban J connectivity index is 1.82. The van der Waals surface area contributed by atoms with Crippen LogP contribution in [0.2, 0.25) is 0 Å². The van der Waals surface area contributed by atoms with Crippen LogP contribution in [0.4, 0.5) is 5.95 Å². The van der Waals surface area contributed by atoms with Gasteiger partial charge in [0.15, 0.2) is 11.2 Å². The van der Waals surface area contributed by atoms with Crippen molar-refractivity contribution >= 4 is 17.1 Å². The van der Waals surface area contributed by atoms with Crippen molar-refractivity contribution in [2.75, 3.05) is 18.5 Å². The molecule has 0 spiro atoms. The minimum absolute atomic E-state index is 0.0583. The van der Waals surface area contributed by atoms with Crippen molar-refractivity contribution in [1.29, 1.82) is 0 Å². The average molecular weight is 430 g/mol. The van der Waals surface area contributed by atoms with Crippen molar-refractivity contribution in [3.8, 4) is 5.75 Å². The first-order valence-corrected chi connectivity index (χ1v) is 10.7. The number of nitrogens with one attached hydrogen (secondary N) is 2. The van der Waals surface area contributed by atoms with Crippen LogP contribution in [0.3, 0.4) is 0 Å². The number of unbranched alkanes of at least 4 members (excludes halogenated alkanes) is 3. The summed E-state index contributed by atoms with van der Waals surface area (Å²) in [5, 5.41) is 13.9. The predicted octanol–water partition coefficient (Wildman–Crippen LogP) is 2.16. The molecule has 0 unspecified atom stereocenters. The zero-order chi connectivity index (χ0) is 22.4. The van der Waals surface area contributed by atoms with Crippen LogP contribution in [0, 0.1) is 6.92 Å². The van der Waals surface area contributed by atoms with Gasteiger partial charge in [0, 0.05) is 13.6 Å². The molecule has 31 heavy (non-hydrogen) atoms. The van der Waals surface area contributed by atoms with Crippen LogP contribution in [-0.2, 0) is 13.6 Å². The summed E-state index contributed by atoms with van der Waals surface area (Å²) >= 11 is 0. The van der Waals surface area contributed by atoms with Gasteiger partial charge in [-0.1, -0.05) is 38.3 Å². The van der Waals surface area contributed by atoms with Crippen LogP contribution in [0.1, 0.15) is 38.2 Å². The van der Waals surface area contributed by atoms with Gasteiger partial charge in [-0.2, -0.15) is 4.98 Å². The molecular formula is C22H31N5O4. The third kappa shape index (κ3) is 5.55. The lowest BCUT2D eigenvalue weighted by Crippen LogP contribution is -2.31. The van der Waals surface area contributed by atoms with E-state index in [2.05, 4.69) is 22.2 Å². The molecule has 2 aromatic heterocycles. The molecule has 0 bridgehead atoms. The van der Waals surface area contributed by atoms with E-state index in [1.54, 1.807) is 11.6 Å². The number of hydrogen-bond acceptors (Lipinski definition) is 6. The Morgan fingerprint density at radius 1 is 1.26 bits per heavy atom. The first-order chi connectivity index (χ1) is 14.9. The highest BCUT2D eigenvalue weighted by Crippen LogP contribution is 2.17. The molecule has 3 aromatic rings. The SMILES string of the molecule is CCCCCCNc1nc2c(c(=O)[nH]c(=O)n2C)n1C[C@@H](O)COc1cccc(C)c1. The molecule has 0 amide bonds. The first-order valence-electron chi connectivity index (χ1n) is 10.7. The summed E-state index contributed by atoms with van der Waals surface area (Å²) in [6, 6.07) is 7.58. The van der Waals surface area contributed by atoms with Crippen LogP contribution in [0.5, 0.6) is 5.75 Å². The minimum atomic E-state index is -0.879. The van der Waals surface area contributed by atoms with Crippen LogP contribution >= 0.6 is 0 Å². The molecule has 3 rings (SSSR count). The van der Waals surface area contributed by atoms with Crippen LogP contribution in [-0.4, -0.2) is 43.5 Å². The van der Waals surface area contributed by atoms with Crippen molar-refractivity contribution in [1.82, 2.24) is 19.1 Å². The summed E-state index contributed by atoms with van der Waals surface area (Å²) in [6.07, 6.45) is 3.47. The fraction of sp³-hybridized carbons (Fsp3) is 0.500. The highest BCUT2D eigenvalue weighted by atomic mass is 16.5. The van der Waals surface area contributed by atoms with Gasteiger partial charge in [-0.05, 0) is 31.0 Å². The Kier molecular flexibility index (Phi) is 7.51. The number of H-pyrrole nitrogens is 1. The second kappa shape index (κ2) is 10.3. The molecule has 0 fully saturated rings. The van der Waals surface area contributed by atoms with Gasteiger partial charge in [0.05, 0.1) is 6.54 Å². The van der Waals surface area contributed by atoms with E-state index < -0.39 is 17.4 Å². The van der Waals surface area contributed by atoms with E-state index in [0.29, 0.717) is 18.2 Å². The smallest absolute Gasteiger partial charge is 0.329 e. The van der Waals surface area contributed by atoms with E-state index in [0.717, 1.165) is 31.2 Å². The monoisotopic (exact) mass is 429 g/mol. The molecule has 9 nitrogen and oxygen atoms in total. The number of fused-ring (bicyclic) bond motifs is 1. The molecule has 1 aromatic carbocycles. The number of aryl methyl sites for hydroxylation is 2. The molecule has 3 N–H and O–H groups in total. The fourth-order valence-electron chi connectivity index (χ4n) is 3.46. The molecule has 0 saturated heterocycles. The van der Waals surface area contributed by atoms with Crippen LogP contribution in [0.15, 0.2) is 33.9 Å². The van der Waals surface area contributed by atoms with E-state index in [-0.39, 0.29) is 24.3 Å². The molecule has 0 aliphatic rings. The number of imidazole rings is 1. The maximum atomic E-state index is 12.5. The Morgan fingerprint density at radius 2 is 2.06 bits per heavy atom. The number of ether oxygens (including phenoxy) is 1. The number of benzene rings is 1. The fourth-order valence-corrected chi connectivity index (χ4v) is 3.46. The molecule has 0 aliphatic heterocycles. The van der Waals surface area contributed by atoms with Crippen molar-refractivity contribution in [2.45, 2.75) is 52.2 Å². The predicted molar refractivity (Wildman–Crippen MR) is 121 cm³/mol. The second-order valence-electron chi connectivity index (χ2n) is 7.81. The topological polar surface area (TPSA) is 114 Å². The summed E-state index contributed by atoms with van der Waals surface area (Å²) < 4.78 is 8.62. The lowest BCUT2D eigenvalue weighted by molar-refractivity contribution is 0.0938. The summed E-state index contributed by atoms with van der Waals surface area (Å²) in [6.45, 7) is 4.96. The third-order valence-electron chi connectivity index (χ3n) is 5.15. The lowest BCUT2D eigenvalue weighted by Gasteiger charge is -2.16. The molecular weight excluding hydrogens is 398 g/mol. The second-order valence-corrected chi connectivity index (χ2v) is 7.81. The first kappa shape index (κ1) is 22.6. The van der Waals surface area contributed by atoms with Gasteiger partial charge in [-0.3, -0.25) is 14.3 Å². The normalized spacial score (nSPS) is 12.3. The van der Waals surface area contributed by atoms with Gasteiger partial charge in [0.1, 0.15) is 18.5 Å². The van der Waals surface area contributed by atoms with E-state index in [1.807, 2.05) is 31.2 Å². The zero-order valence-electron chi connectivity index (χ0n) is 18.4. The Hall–Kier alpha value is -3.07. The van der Waals surface area contributed by atoms with E-state index in [4.69, 9.17) is 4.74 Å². The Labute approximate surface area is 180 Å². The average Bonchev–Trinajstić information content (AvgIpc) is 3.09. The quantitative estimate of drug-likeness (QED) is 0.403. The van der Waals surface area contributed by atoms with Crippen LogP contribution < -0.4 is 21.3 Å². The zero-order valence-corrected chi connectivity index (χ0v) is 18.4. The number of rotatable bonds is 11. The van der Waals surface area contributed by atoms with Gasteiger partial charge in [0.25, 0.3) is 5.56 Å². The molecule has 0 aliphatic carbocycles. The molecule has 9 heteroatoms. The van der Waals surface area contributed by atoms with Gasteiger partial charge in [0.2, 0.25) is 5.95 Å². The number of hydrogen-bond donors (Lipinski definition) is 3. The van der Waals surface area contributed by atoms with Crippen molar-refractivity contribution in [3.05, 3.63) is 50.7 Å². The molecule has 1 atom stereocenters. The Morgan fingerprint density at radius 3 is 2.81 bits per heavy atom. The minimum Gasteiger partial charge on any atom is -0.491 e. The van der Waals surface area contributed by atoms with Crippen molar-refractivity contribution in [3.63, 3.8) is 0 Å². The number of nitrogens with zero attached hydrogens (tertiary/aromatic N) is 3. The molecule has 0 radical (unpaired) electrons. The van der Waals surface area contributed by atoms with E-state index >= 15 is 0 Å². The van der Waals surface area contributed by atoms with Gasteiger partial charge < -0.3 is 19.7 Å². The summed E-state index contributed by atoms with van der Waals surface area (Å²) in [5.74, 6) is 1.12. The highest BCUT2D eigenvalue weighted by Gasteiger charge is 2.19. The largest absolute Gasteiger partial charge is 0.491 e. The molecule has 2 heterocycles. The van der Waals surface area contributed by atoms with Gasteiger partial charge in [-0.25, -0.2) is 4.79 Å². The van der Waals surface area contributed by atoms with Gasteiger partial charge >= 0.3 is 5.69 Å². The number of aliphatic hydroxyl groups is 1. The van der Waals surface area contributed by atoms with E-state index in [1.165, 1.54) is 4.57 Å². The third-order valence-corrected chi connectivity index (χ3v) is 5.15. The molecule has 168 valence electrons. The number of aromatic nitrogens is 4. The van der Waals surface area contributed by atoms with E-state index in [9.17, 15) is 14.7 Å². The lowest BCUT2D eigenvalue weighted by atomic mass is 10.2. The van der Waals surface area contributed by atoms with Crippen molar-refractivity contribution in [2.24, 2.45) is 7.05 Å². The number of aromatic amines is 1. The van der Waals surface area contributed by atoms with Crippen LogP contribution in [0.25, 0.3) is 11.2 Å². The maximum Gasteiger partial charge on any atom is 0.329 e.